The second kappa shape index (κ2) is 8.02. The lowest BCUT2D eigenvalue weighted by atomic mass is 9.89. The second-order valence-corrected chi connectivity index (χ2v) is 6.64. The molecule has 20 heavy (non-hydrogen) atoms. The quantitative estimate of drug-likeness (QED) is 0.772. The van der Waals surface area contributed by atoms with Gasteiger partial charge in [0, 0.05) is 38.6 Å². The predicted molar refractivity (Wildman–Crippen MR) is 83.7 cm³/mol. The molecule has 0 aromatic heterocycles. The lowest BCUT2D eigenvalue weighted by Gasteiger charge is -2.38. The van der Waals surface area contributed by atoms with Gasteiger partial charge in [0.1, 0.15) is 0 Å². The molecule has 0 aromatic rings. The van der Waals surface area contributed by atoms with Crippen molar-refractivity contribution in [3.05, 3.63) is 0 Å². The zero-order valence-corrected chi connectivity index (χ0v) is 13.4. The van der Waals surface area contributed by atoms with Crippen LogP contribution in [0.1, 0.15) is 58.8 Å². The van der Waals surface area contributed by atoms with Crippen LogP contribution in [0, 0.1) is 11.8 Å². The Hall–Kier alpha value is -0.570. The fraction of sp³-hybridized carbons (Fsp3) is 0.941. The Morgan fingerprint density at radius 2 is 1.60 bits per heavy atom. The van der Waals surface area contributed by atoms with Crippen LogP contribution in [0.15, 0.2) is 0 Å². The Labute approximate surface area is 124 Å². The van der Waals surface area contributed by atoms with Gasteiger partial charge in [-0.1, -0.05) is 33.1 Å². The second-order valence-electron chi connectivity index (χ2n) is 6.64. The van der Waals surface area contributed by atoms with Crippen molar-refractivity contribution >= 4 is 5.91 Å². The number of hydrogen-bond acceptors (Lipinski definition) is 2. The van der Waals surface area contributed by atoms with Gasteiger partial charge >= 0.3 is 0 Å². The minimum absolute atomic E-state index is 0.250. The van der Waals surface area contributed by atoms with E-state index in [0.29, 0.717) is 5.91 Å². The first-order chi connectivity index (χ1) is 9.74. The smallest absolute Gasteiger partial charge is 0.225 e. The van der Waals surface area contributed by atoms with Crippen LogP contribution in [-0.2, 0) is 4.79 Å². The van der Waals surface area contributed by atoms with E-state index in [2.05, 4.69) is 23.6 Å². The number of carbonyl (C=O) groups excluding carboxylic acids is 1. The van der Waals surface area contributed by atoms with Gasteiger partial charge in [0.05, 0.1) is 0 Å². The molecule has 0 bridgehead atoms. The molecule has 0 aromatic carbocycles. The lowest BCUT2D eigenvalue weighted by molar-refractivity contribution is -0.137. The molecule has 1 saturated heterocycles. The van der Waals surface area contributed by atoms with E-state index < -0.39 is 0 Å². The van der Waals surface area contributed by atoms with E-state index in [-0.39, 0.29) is 5.92 Å². The number of carbonyl (C=O) groups is 1. The molecule has 3 nitrogen and oxygen atoms in total. The third-order valence-corrected chi connectivity index (χ3v) is 5.26. The molecule has 1 saturated carbocycles. The number of hydrogen-bond donors (Lipinski definition) is 0. The predicted octanol–water partition coefficient (Wildman–Crippen LogP) is 3.15. The van der Waals surface area contributed by atoms with Crippen LogP contribution in [-0.4, -0.2) is 48.4 Å². The van der Waals surface area contributed by atoms with Crippen LogP contribution in [0.25, 0.3) is 0 Å². The first kappa shape index (κ1) is 15.8. The van der Waals surface area contributed by atoms with Gasteiger partial charge in [-0.25, -0.2) is 0 Å². The monoisotopic (exact) mass is 280 g/mol. The van der Waals surface area contributed by atoms with E-state index in [1.54, 1.807) is 0 Å². The molecular weight excluding hydrogens is 248 g/mol. The van der Waals surface area contributed by atoms with E-state index in [1.807, 2.05) is 0 Å². The summed E-state index contributed by atoms with van der Waals surface area (Å²) in [4.78, 5) is 17.1. The molecule has 2 fully saturated rings. The first-order valence-electron chi connectivity index (χ1n) is 8.75. The van der Waals surface area contributed by atoms with Crippen molar-refractivity contribution in [1.82, 2.24) is 9.80 Å². The van der Waals surface area contributed by atoms with E-state index in [9.17, 15) is 4.79 Å². The van der Waals surface area contributed by atoms with Crippen molar-refractivity contribution in [3.63, 3.8) is 0 Å². The molecule has 2 rings (SSSR count). The zero-order chi connectivity index (χ0) is 14.4. The molecule has 0 unspecified atom stereocenters. The molecular formula is C17H32N2O. The molecule has 1 aliphatic heterocycles. The van der Waals surface area contributed by atoms with E-state index >= 15 is 0 Å². The Morgan fingerprint density at radius 3 is 2.15 bits per heavy atom. The van der Waals surface area contributed by atoms with Crippen LogP contribution in [0.4, 0.5) is 0 Å². The Bertz CT molecular complexity index is 287. The Kier molecular flexibility index (Phi) is 6.34. The van der Waals surface area contributed by atoms with Crippen LogP contribution in [0.2, 0.25) is 0 Å². The standard InChI is InChI=1S/C17H32N2O/c1-3-16(4-2)17(20)19-12-10-18(11-13-19)14-15-8-6-5-7-9-15/h15-16H,3-14H2,1-2H3. The summed E-state index contributed by atoms with van der Waals surface area (Å²) in [6, 6.07) is 0. The average Bonchev–Trinajstić information content (AvgIpc) is 2.50. The van der Waals surface area contributed by atoms with Gasteiger partial charge in [-0.3, -0.25) is 9.69 Å². The van der Waals surface area contributed by atoms with Gasteiger partial charge < -0.3 is 4.90 Å². The third kappa shape index (κ3) is 4.21. The van der Waals surface area contributed by atoms with Gasteiger partial charge in [-0.2, -0.15) is 0 Å². The first-order valence-corrected chi connectivity index (χ1v) is 8.75. The van der Waals surface area contributed by atoms with Crippen molar-refractivity contribution in [2.45, 2.75) is 58.8 Å². The number of rotatable bonds is 5. The van der Waals surface area contributed by atoms with Crippen molar-refractivity contribution in [2.75, 3.05) is 32.7 Å². The van der Waals surface area contributed by atoms with Crippen molar-refractivity contribution < 1.29 is 4.79 Å². The number of amides is 1. The SMILES string of the molecule is CCC(CC)C(=O)N1CCN(CC2CCCCC2)CC1. The van der Waals surface area contributed by atoms with Gasteiger partial charge in [0.2, 0.25) is 5.91 Å². The highest BCUT2D eigenvalue weighted by Gasteiger charge is 2.26. The Balaban J connectivity index is 1.72. The number of piperazine rings is 1. The highest BCUT2D eigenvalue weighted by atomic mass is 16.2. The summed E-state index contributed by atoms with van der Waals surface area (Å²) in [7, 11) is 0. The molecule has 0 atom stereocenters. The minimum atomic E-state index is 0.250. The normalized spacial score (nSPS) is 22.4. The fourth-order valence-corrected chi connectivity index (χ4v) is 3.78. The lowest BCUT2D eigenvalue weighted by Crippen LogP contribution is -2.51. The van der Waals surface area contributed by atoms with E-state index in [0.717, 1.165) is 44.9 Å². The van der Waals surface area contributed by atoms with Crippen molar-refractivity contribution in [1.29, 1.82) is 0 Å². The van der Waals surface area contributed by atoms with Crippen molar-refractivity contribution in [3.8, 4) is 0 Å². The third-order valence-electron chi connectivity index (χ3n) is 5.26. The molecule has 0 radical (unpaired) electrons. The maximum Gasteiger partial charge on any atom is 0.225 e. The van der Waals surface area contributed by atoms with Crippen LogP contribution >= 0.6 is 0 Å². The number of nitrogens with zero attached hydrogens (tertiary/aromatic N) is 2. The van der Waals surface area contributed by atoms with Crippen LogP contribution < -0.4 is 0 Å². The topological polar surface area (TPSA) is 23.6 Å². The largest absolute Gasteiger partial charge is 0.340 e. The molecule has 1 aliphatic carbocycles. The van der Waals surface area contributed by atoms with Gasteiger partial charge in [-0.15, -0.1) is 0 Å². The minimum Gasteiger partial charge on any atom is -0.340 e. The van der Waals surface area contributed by atoms with E-state index in [4.69, 9.17) is 0 Å². The molecule has 116 valence electrons. The summed E-state index contributed by atoms with van der Waals surface area (Å²) in [5, 5.41) is 0. The molecule has 0 N–H and O–H groups in total. The molecule has 1 heterocycles. The van der Waals surface area contributed by atoms with Crippen LogP contribution in [0.3, 0.4) is 0 Å². The summed E-state index contributed by atoms with van der Waals surface area (Å²) < 4.78 is 0. The van der Waals surface area contributed by atoms with Gasteiger partial charge in [0.15, 0.2) is 0 Å². The molecule has 0 spiro atoms. The summed E-state index contributed by atoms with van der Waals surface area (Å²) in [6.07, 6.45) is 9.11. The summed E-state index contributed by atoms with van der Waals surface area (Å²) in [6.45, 7) is 9.60. The average molecular weight is 280 g/mol. The van der Waals surface area contributed by atoms with E-state index in [1.165, 1.54) is 38.6 Å². The molecule has 3 heteroatoms. The fourth-order valence-electron chi connectivity index (χ4n) is 3.78. The van der Waals surface area contributed by atoms with Crippen molar-refractivity contribution in [2.24, 2.45) is 11.8 Å². The summed E-state index contributed by atoms with van der Waals surface area (Å²) in [5.74, 6) is 1.57. The van der Waals surface area contributed by atoms with Crippen LogP contribution in [0.5, 0.6) is 0 Å². The highest BCUT2D eigenvalue weighted by molar-refractivity contribution is 5.78. The van der Waals surface area contributed by atoms with Gasteiger partial charge in [-0.05, 0) is 31.6 Å². The summed E-state index contributed by atoms with van der Waals surface area (Å²) in [5.41, 5.74) is 0. The van der Waals surface area contributed by atoms with Gasteiger partial charge in [0.25, 0.3) is 0 Å². The maximum atomic E-state index is 12.4. The summed E-state index contributed by atoms with van der Waals surface area (Å²) >= 11 is 0. The molecule has 2 aliphatic rings. The molecule has 1 amide bonds. The maximum absolute atomic E-state index is 12.4. The Morgan fingerprint density at radius 1 is 1.00 bits per heavy atom. The zero-order valence-electron chi connectivity index (χ0n) is 13.4. The highest BCUT2D eigenvalue weighted by Crippen LogP contribution is 2.25.